The van der Waals surface area contributed by atoms with Crippen LogP contribution in [0.5, 0.6) is 0 Å². The SMILES string of the molecule is CCn1nc(CC(C)C)cc1C(=O)N1CCC2(CCCNC2)C1.Cl. The second kappa shape index (κ2) is 7.87. The van der Waals surface area contributed by atoms with Gasteiger partial charge in [0.05, 0.1) is 5.69 Å². The van der Waals surface area contributed by atoms with Gasteiger partial charge in [0.1, 0.15) is 5.69 Å². The van der Waals surface area contributed by atoms with Crippen LogP contribution in [0.3, 0.4) is 0 Å². The van der Waals surface area contributed by atoms with Gasteiger partial charge in [0.25, 0.3) is 5.91 Å². The van der Waals surface area contributed by atoms with E-state index in [9.17, 15) is 4.79 Å². The highest BCUT2D eigenvalue weighted by Crippen LogP contribution is 2.36. The Morgan fingerprint density at radius 1 is 1.42 bits per heavy atom. The summed E-state index contributed by atoms with van der Waals surface area (Å²) in [4.78, 5) is 15.0. The summed E-state index contributed by atoms with van der Waals surface area (Å²) in [6.07, 6.45) is 4.54. The van der Waals surface area contributed by atoms with Crippen LogP contribution < -0.4 is 5.32 Å². The molecule has 2 aliphatic rings. The molecule has 6 heteroatoms. The fourth-order valence-electron chi connectivity index (χ4n) is 4.05. The molecule has 1 unspecified atom stereocenters. The molecule has 0 radical (unpaired) electrons. The minimum atomic E-state index is 0. The fourth-order valence-corrected chi connectivity index (χ4v) is 4.05. The number of hydrogen-bond acceptors (Lipinski definition) is 3. The monoisotopic (exact) mass is 354 g/mol. The van der Waals surface area contributed by atoms with Gasteiger partial charge in [-0.25, -0.2) is 0 Å². The van der Waals surface area contributed by atoms with Gasteiger partial charge in [-0.1, -0.05) is 13.8 Å². The zero-order valence-corrected chi connectivity index (χ0v) is 16.0. The minimum absolute atomic E-state index is 0. The van der Waals surface area contributed by atoms with Gasteiger partial charge in [0.2, 0.25) is 0 Å². The molecule has 1 amide bonds. The first kappa shape index (κ1) is 19.3. The van der Waals surface area contributed by atoms with Crippen molar-refractivity contribution in [3.05, 3.63) is 17.5 Å². The number of aryl methyl sites for hydroxylation is 1. The second-order valence-corrected chi connectivity index (χ2v) is 7.69. The molecule has 0 aromatic carbocycles. The van der Waals surface area contributed by atoms with Crippen molar-refractivity contribution in [3.63, 3.8) is 0 Å². The Balaban J connectivity index is 0.00000208. The average molecular weight is 355 g/mol. The van der Waals surface area contributed by atoms with Crippen molar-refractivity contribution >= 4 is 18.3 Å². The van der Waals surface area contributed by atoms with Gasteiger partial charge in [0.15, 0.2) is 0 Å². The highest BCUT2D eigenvalue weighted by molar-refractivity contribution is 5.93. The molecule has 2 fully saturated rings. The third-order valence-electron chi connectivity index (χ3n) is 5.25. The predicted molar refractivity (Wildman–Crippen MR) is 98.7 cm³/mol. The van der Waals surface area contributed by atoms with Gasteiger partial charge in [0, 0.05) is 31.6 Å². The molecule has 0 bridgehead atoms. The lowest BCUT2D eigenvalue weighted by molar-refractivity contribution is 0.0752. The molecular formula is C18H31ClN4O. The van der Waals surface area contributed by atoms with Crippen molar-refractivity contribution in [1.29, 1.82) is 0 Å². The summed E-state index contributed by atoms with van der Waals surface area (Å²) in [5.74, 6) is 0.721. The quantitative estimate of drug-likeness (QED) is 0.904. The number of rotatable bonds is 4. The standard InChI is InChI=1S/C18H30N4O.ClH/c1-4-22-16(11-15(20-22)10-14(2)3)17(23)21-9-7-18(13-21)6-5-8-19-12-18;/h11,14,19H,4-10,12-13H2,1-3H3;1H. The van der Waals surface area contributed by atoms with Gasteiger partial charge in [-0.3, -0.25) is 9.48 Å². The van der Waals surface area contributed by atoms with Gasteiger partial charge in [-0.15, -0.1) is 12.4 Å². The molecule has 136 valence electrons. The number of amides is 1. The molecule has 24 heavy (non-hydrogen) atoms. The van der Waals surface area contributed by atoms with Crippen LogP contribution in [0.25, 0.3) is 0 Å². The lowest BCUT2D eigenvalue weighted by atomic mass is 9.80. The first-order valence-electron chi connectivity index (χ1n) is 9.10. The van der Waals surface area contributed by atoms with Gasteiger partial charge in [-0.2, -0.15) is 5.10 Å². The summed E-state index contributed by atoms with van der Waals surface area (Å²) in [6.45, 7) is 11.1. The maximum atomic E-state index is 13.0. The number of halogens is 1. The number of piperidine rings is 1. The van der Waals surface area contributed by atoms with Crippen molar-refractivity contribution in [2.75, 3.05) is 26.2 Å². The van der Waals surface area contributed by atoms with E-state index in [1.807, 2.05) is 10.7 Å². The normalized spacial score (nSPS) is 23.8. The maximum absolute atomic E-state index is 13.0. The van der Waals surface area contributed by atoms with Crippen LogP contribution in [0.4, 0.5) is 0 Å². The number of nitrogens with one attached hydrogen (secondary N) is 1. The van der Waals surface area contributed by atoms with E-state index < -0.39 is 0 Å². The van der Waals surface area contributed by atoms with E-state index in [1.54, 1.807) is 0 Å². The number of nitrogens with zero attached hydrogens (tertiary/aromatic N) is 3. The smallest absolute Gasteiger partial charge is 0.272 e. The van der Waals surface area contributed by atoms with Crippen LogP contribution in [0.2, 0.25) is 0 Å². The molecular weight excluding hydrogens is 324 g/mol. The highest BCUT2D eigenvalue weighted by Gasteiger charge is 2.41. The Morgan fingerprint density at radius 2 is 2.21 bits per heavy atom. The molecule has 2 aliphatic heterocycles. The van der Waals surface area contributed by atoms with Crippen LogP contribution in [0.15, 0.2) is 6.07 Å². The van der Waals surface area contributed by atoms with Crippen LogP contribution in [-0.4, -0.2) is 46.8 Å². The van der Waals surface area contributed by atoms with Crippen LogP contribution in [-0.2, 0) is 13.0 Å². The van der Waals surface area contributed by atoms with Gasteiger partial charge in [-0.05, 0) is 51.1 Å². The van der Waals surface area contributed by atoms with Crippen molar-refractivity contribution in [3.8, 4) is 0 Å². The number of likely N-dealkylation sites (tertiary alicyclic amines) is 1. The van der Waals surface area contributed by atoms with E-state index in [0.29, 0.717) is 11.3 Å². The van der Waals surface area contributed by atoms with Gasteiger partial charge < -0.3 is 10.2 Å². The number of carbonyl (C=O) groups excluding carboxylic acids is 1. The van der Waals surface area contributed by atoms with E-state index in [4.69, 9.17) is 0 Å². The zero-order valence-electron chi connectivity index (χ0n) is 15.2. The summed E-state index contributed by atoms with van der Waals surface area (Å²) in [6, 6.07) is 2.01. The summed E-state index contributed by atoms with van der Waals surface area (Å²) in [5.41, 5.74) is 2.12. The lowest BCUT2D eigenvalue weighted by Crippen LogP contribution is -2.42. The molecule has 5 nitrogen and oxygen atoms in total. The first-order chi connectivity index (χ1) is 11.0. The molecule has 1 aromatic rings. The van der Waals surface area contributed by atoms with Crippen molar-refractivity contribution in [2.45, 2.75) is 53.0 Å². The Labute approximate surface area is 151 Å². The molecule has 1 N–H and O–H groups in total. The summed E-state index contributed by atoms with van der Waals surface area (Å²) >= 11 is 0. The fraction of sp³-hybridized carbons (Fsp3) is 0.778. The van der Waals surface area contributed by atoms with Crippen LogP contribution in [0, 0.1) is 11.3 Å². The molecule has 1 atom stereocenters. The summed E-state index contributed by atoms with van der Waals surface area (Å²) in [5, 5.41) is 8.13. The Kier molecular flexibility index (Phi) is 6.32. The van der Waals surface area contributed by atoms with E-state index >= 15 is 0 Å². The maximum Gasteiger partial charge on any atom is 0.272 e. The van der Waals surface area contributed by atoms with Crippen molar-refractivity contribution in [1.82, 2.24) is 20.0 Å². The number of carbonyl (C=O) groups is 1. The minimum Gasteiger partial charge on any atom is -0.337 e. The number of hydrogen-bond donors (Lipinski definition) is 1. The Hall–Kier alpha value is -1.07. The molecule has 3 rings (SSSR count). The lowest BCUT2D eigenvalue weighted by Gasteiger charge is -2.33. The largest absolute Gasteiger partial charge is 0.337 e. The third kappa shape index (κ3) is 3.94. The van der Waals surface area contributed by atoms with Crippen molar-refractivity contribution < 1.29 is 4.79 Å². The third-order valence-corrected chi connectivity index (χ3v) is 5.25. The molecule has 3 heterocycles. The summed E-state index contributed by atoms with van der Waals surface area (Å²) < 4.78 is 1.88. The van der Waals surface area contributed by atoms with E-state index in [1.165, 1.54) is 12.8 Å². The molecule has 1 aromatic heterocycles. The van der Waals surface area contributed by atoms with E-state index in [-0.39, 0.29) is 18.3 Å². The molecule has 2 saturated heterocycles. The molecule has 0 saturated carbocycles. The zero-order chi connectivity index (χ0) is 16.4. The predicted octanol–water partition coefficient (Wildman–Crippen LogP) is 2.74. The van der Waals surface area contributed by atoms with E-state index in [0.717, 1.165) is 57.0 Å². The van der Waals surface area contributed by atoms with Crippen molar-refractivity contribution in [2.24, 2.45) is 11.3 Å². The van der Waals surface area contributed by atoms with Crippen LogP contribution in [0.1, 0.15) is 56.2 Å². The molecule has 0 aliphatic carbocycles. The Bertz CT molecular complexity index is 563. The highest BCUT2D eigenvalue weighted by atomic mass is 35.5. The topological polar surface area (TPSA) is 50.2 Å². The van der Waals surface area contributed by atoms with Gasteiger partial charge >= 0.3 is 0 Å². The van der Waals surface area contributed by atoms with E-state index in [2.05, 4.69) is 36.1 Å². The summed E-state index contributed by atoms with van der Waals surface area (Å²) in [7, 11) is 0. The average Bonchev–Trinajstić information content (AvgIpc) is 3.11. The number of aromatic nitrogens is 2. The molecule has 1 spiro atoms. The second-order valence-electron chi connectivity index (χ2n) is 7.69. The van der Waals surface area contributed by atoms with Crippen LogP contribution >= 0.6 is 12.4 Å². The first-order valence-corrected chi connectivity index (χ1v) is 9.10. The Morgan fingerprint density at radius 3 is 2.83 bits per heavy atom.